The number of hydrogen-bond donors (Lipinski definition) is 1. The van der Waals surface area contributed by atoms with Crippen LogP contribution in [-0.4, -0.2) is 24.4 Å². The lowest BCUT2D eigenvalue weighted by atomic mass is 10.1. The first-order valence-electron chi connectivity index (χ1n) is 5.29. The third kappa shape index (κ3) is 2.49. The van der Waals surface area contributed by atoms with Crippen molar-refractivity contribution in [2.75, 3.05) is 13.2 Å². The van der Waals surface area contributed by atoms with Crippen LogP contribution in [-0.2, 0) is 4.74 Å². The zero-order chi connectivity index (χ0) is 10.7. The third-order valence-electron chi connectivity index (χ3n) is 2.55. The summed E-state index contributed by atoms with van der Waals surface area (Å²) in [5, 5.41) is 9.57. The number of ether oxygens (including phenoxy) is 2. The van der Waals surface area contributed by atoms with Crippen LogP contribution in [0.5, 0.6) is 5.75 Å². The van der Waals surface area contributed by atoms with Gasteiger partial charge in [0.25, 0.3) is 0 Å². The first-order valence-corrected chi connectivity index (χ1v) is 5.29. The van der Waals surface area contributed by atoms with Gasteiger partial charge in [-0.2, -0.15) is 0 Å². The molecule has 15 heavy (non-hydrogen) atoms. The van der Waals surface area contributed by atoms with Crippen molar-refractivity contribution in [3.05, 3.63) is 29.8 Å². The summed E-state index contributed by atoms with van der Waals surface area (Å²) in [7, 11) is 0. The maximum atomic E-state index is 9.57. The molecule has 1 unspecified atom stereocenters. The fraction of sp³-hybridized carbons (Fsp3) is 0.500. The van der Waals surface area contributed by atoms with Crippen molar-refractivity contribution in [3.8, 4) is 5.75 Å². The standard InChI is InChI=1S/C12H16O3/c1-9(13)11-4-2-3-5-12(11)15-10-6-7-14-8-10/h2-5,9-10,13H,6-8H2,1H3/t9-,10?/m0/s1. The quantitative estimate of drug-likeness (QED) is 0.824. The van der Waals surface area contributed by atoms with Gasteiger partial charge in [0, 0.05) is 12.0 Å². The van der Waals surface area contributed by atoms with E-state index in [0.717, 1.165) is 24.3 Å². The van der Waals surface area contributed by atoms with E-state index in [2.05, 4.69) is 0 Å². The molecule has 0 amide bonds. The molecule has 0 bridgehead atoms. The largest absolute Gasteiger partial charge is 0.488 e. The van der Waals surface area contributed by atoms with Crippen molar-refractivity contribution in [2.45, 2.75) is 25.6 Å². The number of aliphatic hydroxyl groups is 1. The van der Waals surface area contributed by atoms with Crippen LogP contribution in [0.1, 0.15) is 25.0 Å². The molecule has 3 heteroatoms. The second-order valence-corrected chi connectivity index (χ2v) is 3.82. The first-order chi connectivity index (χ1) is 7.27. The van der Waals surface area contributed by atoms with Crippen LogP contribution < -0.4 is 4.74 Å². The summed E-state index contributed by atoms with van der Waals surface area (Å²) in [6.07, 6.45) is 0.558. The van der Waals surface area contributed by atoms with E-state index in [4.69, 9.17) is 9.47 Å². The fourth-order valence-corrected chi connectivity index (χ4v) is 1.72. The lowest BCUT2D eigenvalue weighted by molar-refractivity contribution is 0.135. The molecule has 2 rings (SSSR count). The van der Waals surface area contributed by atoms with Crippen molar-refractivity contribution in [1.82, 2.24) is 0 Å². The number of rotatable bonds is 3. The molecule has 1 fully saturated rings. The topological polar surface area (TPSA) is 38.7 Å². The smallest absolute Gasteiger partial charge is 0.125 e. The highest BCUT2D eigenvalue weighted by molar-refractivity contribution is 5.34. The van der Waals surface area contributed by atoms with Gasteiger partial charge in [0.05, 0.1) is 19.3 Å². The van der Waals surface area contributed by atoms with Crippen LogP contribution in [0.15, 0.2) is 24.3 Å². The average Bonchev–Trinajstić information content (AvgIpc) is 2.71. The van der Waals surface area contributed by atoms with Crippen LogP contribution in [0.25, 0.3) is 0 Å². The molecule has 1 aromatic carbocycles. The van der Waals surface area contributed by atoms with E-state index < -0.39 is 6.10 Å². The summed E-state index contributed by atoms with van der Waals surface area (Å²) in [4.78, 5) is 0. The minimum atomic E-state index is -0.497. The van der Waals surface area contributed by atoms with Gasteiger partial charge >= 0.3 is 0 Å². The molecule has 3 nitrogen and oxygen atoms in total. The molecule has 2 atom stereocenters. The van der Waals surface area contributed by atoms with Crippen molar-refractivity contribution >= 4 is 0 Å². The molecular weight excluding hydrogens is 192 g/mol. The molecule has 0 spiro atoms. The van der Waals surface area contributed by atoms with Gasteiger partial charge in [-0.15, -0.1) is 0 Å². The molecular formula is C12H16O3. The Labute approximate surface area is 89.6 Å². The summed E-state index contributed by atoms with van der Waals surface area (Å²) in [5.74, 6) is 0.767. The van der Waals surface area contributed by atoms with E-state index in [9.17, 15) is 5.11 Å². The van der Waals surface area contributed by atoms with Gasteiger partial charge in [0.15, 0.2) is 0 Å². The van der Waals surface area contributed by atoms with Crippen LogP contribution in [0.2, 0.25) is 0 Å². The lowest BCUT2D eigenvalue weighted by Crippen LogP contribution is -2.16. The van der Waals surface area contributed by atoms with Crippen LogP contribution in [0.3, 0.4) is 0 Å². The van der Waals surface area contributed by atoms with Crippen molar-refractivity contribution in [2.24, 2.45) is 0 Å². The molecule has 0 aliphatic carbocycles. The minimum Gasteiger partial charge on any atom is -0.488 e. The Kier molecular flexibility index (Phi) is 3.23. The second-order valence-electron chi connectivity index (χ2n) is 3.82. The van der Waals surface area contributed by atoms with E-state index in [1.165, 1.54) is 0 Å². The first kappa shape index (κ1) is 10.5. The maximum Gasteiger partial charge on any atom is 0.125 e. The summed E-state index contributed by atoms with van der Waals surface area (Å²) >= 11 is 0. The number of benzene rings is 1. The van der Waals surface area contributed by atoms with Gasteiger partial charge in [0.2, 0.25) is 0 Å². The number of aliphatic hydroxyl groups excluding tert-OH is 1. The predicted octanol–water partition coefficient (Wildman–Crippen LogP) is 1.91. The Morgan fingerprint density at radius 1 is 1.47 bits per heavy atom. The minimum absolute atomic E-state index is 0.130. The lowest BCUT2D eigenvalue weighted by Gasteiger charge is -2.16. The highest BCUT2D eigenvalue weighted by atomic mass is 16.5. The van der Waals surface area contributed by atoms with Gasteiger partial charge in [-0.3, -0.25) is 0 Å². The highest BCUT2D eigenvalue weighted by Gasteiger charge is 2.19. The van der Waals surface area contributed by atoms with E-state index in [1.807, 2.05) is 24.3 Å². The van der Waals surface area contributed by atoms with Gasteiger partial charge in [-0.05, 0) is 13.0 Å². The second kappa shape index (κ2) is 4.64. The van der Waals surface area contributed by atoms with Crippen molar-refractivity contribution in [1.29, 1.82) is 0 Å². The van der Waals surface area contributed by atoms with Crippen molar-refractivity contribution < 1.29 is 14.6 Å². The Morgan fingerprint density at radius 2 is 2.27 bits per heavy atom. The predicted molar refractivity (Wildman–Crippen MR) is 56.9 cm³/mol. The Morgan fingerprint density at radius 3 is 2.93 bits per heavy atom. The summed E-state index contributed by atoms with van der Waals surface area (Å²) in [6, 6.07) is 7.59. The van der Waals surface area contributed by atoms with Crippen LogP contribution in [0.4, 0.5) is 0 Å². The van der Waals surface area contributed by atoms with Gasteiger partial charge in [-0.1, -0.05) is 18.2 Å². The molecule has 1 heterocycles. The monoisotopic (exact) mass is 208 g/mol. The number of para-hydroxylation sites is 1. The Bertz CT molecular complexity index is 316. The molecule has 0 saturated carbocycles. The SMILES string of the molecule is C[C@H](O)c1ccccc1OC1CCOC1. The molecule has 1 saturated heterocycles. The molecule has 82 valence electrons. The summed E-state index contributed by atoms with van der Waals surface area (Å²) in [6.45, 7) is 3.16. The van der Waals surface area contributed by atoms with E-state index in [1.54, 1.807) is 6.92 Å². The molecule has 1 aliphatic rings. The zero-order valence-electron chi connectivity index (χ0n) is 8.85. The van der Waals surface area contributed by atoms with E-state index in [0.29, 0.717) is 6.61 Å². The van der Waals surface area contributed by atoms with Crippen LogP contribution >= 0.6 is 0 Å². The zero-order valence-corrected chi connectivity index (χ0v) is 8.85. The summed E-state index contributed by atoms with van der Waals surface area (Å²) in [5.41, 5.74) is 0.837. The number of hydrogen-bond acceptors (Lipinski definition) is 3. The molecule has 1 N–H and O–H groups in total. The molecule has 0 radical (unpaired) electrons. The van der Waals surface area contributed by atoms with E-state index >= 15 is 0 Å². The van der Waals surface area contributed by atoms with E-state index in [-0.39, 0.29) is 6.10 Å². The molecule has 1 aliphatic heterocycles. The normalized spacial score (nSPS) is 22.7. The average molecular weight is 208 g/mol. The molecule has 0 aromatic heterocycles. The van der Waals surface area contributed by atoms with Crippen LogP contribution in [0, 0.1) is 0 Å². The Hall–Kier alpha value is -1.06. The maximum absolute atomic E-state index is 9.57. The fourth-order valence-electron chi connectivity index (χ4n) is 1.72. The van der Waals surface area contributed by atoms with Gasteiger partial charge in [0.1, 0.15) is 11.9 Å². The van der Waals surface area contributed by atoms with Gasteiger partial charge < -0.3 is 14.6 Å². The van der Waals surface area contributed by atoms with Gasteiger partial charge in [-0.25, -0.2) is 0 Å². The highest BCUT2D eigenvalue weighted by Crippen LogP contribution is 2.26. The third-order valence-corrected chi connectivity index (χ3v) is 2.55. The van der Waals surface area contributed by atoms with Crippen molar-refractivity contribution in [3.63, 3.8) is 0 Å². The Balaban J connectivity index is 2.12. The summed E-state index contributed by atoms with van der Waals surface area (Å²) < 4.78 is 11.0. The molecule has 1 aromatic rings.